The van der Waals surface area contributed by atoms with Crippen LogP contribution < -0.4 is 10.5 Å². The number of rotatable bonds is 8. The number of hydrogen-bond acceptors (Lipinski definition) is 5. The summed E-state index contributed by atoms with van der Waals surface area (Å²) in [5.41, 5.74) is 5.44. The van der Waals surface area contributed by atoms with Crippen LogP contribution in [0.5, 0.6) is 0 Å². The number of nitrogens with zero attached hydrogens (tertiary/aromatic N) is 2. The number of nitrogens with one attached hydrogen (secondary N) is 1. The predicted octanol–water partition coefficient (Wildman–Crippen LogP) is 1.19. The SMILES string of the molecule is CSC1(CNS(=O)(=O)c2cnn(CCCN)c2)CCCC1. The molecule has 6 nitrogen and oxygen atoms in total. The lowest BCUT2D eigenvalue weighted by Crippen LogP contribution is -2.38. The number of hydrogen-bond donors (Lipinski definition) is 2. The summed E-state index contributed by atoms with van der Waals surface area (Å²) in [6, 6.07) is 0. The molecular formula is C13H24N4O2S2. The van der Waals surface area contributed by atoms with Gasteiger partial charge in [0.25, 0.3) is 0 Å². The zero-order valence-electron chi connectivity index (χ0n) is 12.4. The Hall–Kier alpha value is -0.570. The van der Waals surface area contributed by atoms with Gasteiger partial charge in [0.2, 0.25) is 10.0 Å². The van der Waals surface area contributed by atoms with Gasteiger partial charge < -0.3 is 5.73 Å². The minimum atomic E-state index is -3.48. The van der Waals surface area contributed by atoms with Gasteiger partial charge in [-0.05, 0) is 32.1 Å². The molecule has 1 aromatic heterocycles. The summed E-state index contributed by atoms with van der Waals surface area (Å²) in [7, 11) is -3.48. The first-order valence-electron chi connectivity index (χ1n) is 7.29. The molecule has 0 radical (unpaired) electrons. The highest BCUT2D eigenvalue weighted by atomic mass is 32.2. The predicted molar refractivity (Wildman–Crippen MR) is 85.8 cm³/mol. The van der Waals surface area contributed by atoms with Gasteiger partial charge in [-0.2, -0.15) is 16.9 Å². The van der Waals surface area contributed by atoms with Crippen molar-refractivity contribution in [2.45, 2.75) is 48.3 Å². The first kappa shape index (κ1) is 16.8. The Morgan fingerprint density at radius 1 is 1.48 bits per heavy atom. The second kappa shape index (κ2) is 7.13. The highest BCUT2D eigenvalue weighted by Gasteiger charge is 2.34. The zero-order chi connectivity index (χ0) is 15.3. The van der Waals surface area contributed by atoms with Crippen LogP contribution in [-0.2, 0) is 16.6 Å². The van der Waals surface area contributed by atoms with Gasteiger partial charge >= 0.3 is 0 Å². The zero-order valence-corrected chi connectivity index (χ0v) is 14.0. The molecule has 1 saturated carbocycles. The Kier molecular flexibility index (Phi) is 5.70. The van der Waals surface area contributed by atoms with Crippen molar-refractivity contribution in [2.24, 2.45) is 5.73 Å². The van der Waals surface area contributed by atoms with Gasteiger partial charge in [0, 0.05) is 24.0 Å². The summed E-state index contributed by atoms with van der Waals surface area (Å²) in [5, 5.41) is 4.07. The highest BCUT2D eigenvalue weighted by Crippen LogP contribution is 2.39. The Labute approximate surface area is 130 Å². The van der Waals surface area contributed by atoms with E-state index in [9.17, 15) is 8.42 Å². The van der Waals surface area contributed by atoms with E-state index >= 15 is 0 Å². The Bertz CT molecular complexity index is 550. The fourth-order valence-electron chi connectivity index (χ4n) is 2.64. The van der Waals surface area contributed by atoms with Gasteiger partial charge in [-0.1, -0.05) is 12.8 Å². The molecule has 1 aromatic rings. The van der Waals surface area contributed by atoms with Crippen LogP contribution in [-0.4, -0.2) is 42.3 Å². The Balaban J connectivity index is 1.99. The summed E-state index contributed by atoms with van der Waals surface area (Å²) in [6.07, 6.45) is 10.3. The molecule has 0 aromatic carbocycles. The van der Waals surface area contributed by atoms with E-state index < -0.39 is 10.0 Å². The molecule has 0 atom stereocenters. The van der Waals surface area contributed by atoms with Crippen LogP contribution in [0, 0.1) is 0 Å². The van der Waals surface area contributed by atoms with Crippen LogP contribution in [0.1, 0.15) is 32.1 Å². The molecule has 0 aliphatic heterocycles. The fourth-order valence-corrected chi connectivity index (χ4v) is 4.73. The lowest BCUT2D eigenvalue weighted by Gasteiger charge is -2.26. The average Bonchev–Trinajstić information content (AvgIpc) is 3.13. The normalized spacial score (nSPS) is 18.2. The van der Waals surface area contributed by atoms with E-state index in [0.29, 0.717) is 19.6 Å². The molecule has 1 aliphatic carbocycles. The Morgan fingerprint density at radius 3 is 2.81 bits per heavy atom. The van der Waals surface area contributed by atoms with Gasteiger partial charge in [0.1, 0.15) is 4.90 Å². The first-order chi connectivity index (χ1) is 10.0. The molecule has 120 valence electrons. The number of nitrogens with two attached hydrogens (primary N) is 1. The molecule has 0 bridgehead atoms. The topological polar surface area (TPSA) is 90.0 Å². The standard InChI is InChI=1S/C13H24N4O2S2/c1-20-13(5-2-3-6-13)11-16-21(18,19)12-9-15-17(10-12)8-4-7-14/h9-10,16H,2-8,11,14H2,1H3. The van der Waals surface area contributed by atoms with Crippen molar-refractivity contribution in [2.75, 3.05) is 19.3 Å². The van der Waals surface area contributed by atoms with Crippen LogP contribution in [0.15, 0.2) is 17.3 Å². The third-order valence-electron chi connectivity index (χ3n) is 4.04. The van der Waals surface area contributed by atoms with Crippen LogP contribution in [0.2, 0.25) is 0 Å². The number of aryl methyl sites for hydroxylation is 1. The third-order valence-corrected chi connectivity index (χ3v) is 6.82. The van der Waals surface area contributed by atoms with Crippen molar-refractivity contribution in [1.82, 2.24) is 14.5 Å². The van der Waals surface area contributed by atoms with E-state index in [4.69, 9.17) is 5.73 Å². The molecule has 0 saturated heterocycles. The van der Waals surface area contributed by atoms with Crippen molar-refractivity contribution in [1.29, 1.82) is 0 Å². The summed E-state index contributed by atoms with van der Waals surface area (Å²) in [4.78, 5) is 0.230. The largest absolute Gasteiger partial charge is 0.330 e. The van der Waals surface area contributed by atoms with Gasteiger partial charge in [-0.3, -0.25) is 4.68 Å². The second-order valence-corrected chi connectivity index (χ2v) is 8.54. The van der Waals surface area contributed by atoms with Crippen molar-refractivity contribution >= 4 is 21.8 Å². The van der Waals surface area contributed by atoms with Crippen molar-refractivity contribution in [3.05, 3.63) is 12.4 Å². The molecule has 0 unspecified atom stereocenters. The molecule has 8 heteroatoms. The molecule has 0 amide bonds. The average molecular weight is 332 g/mol. The fraction of sp³-hybridized carbons (Fsp3) is 0.769. The molecule has 21 heavy (non-hydrogen) atoms. The smallest absolute Gasteiger partial charge is 0.243 e. The molecule has 2 rings (SSSR count). The van der Waals surface area contributed by atoms with Gasteiger partial charge in [-0.15, -0.1) is 0 Å². The minimum absolute atomic E-state index is 0.0581. The van der Waals surface area contributed by atoms with E-state index in [1.807, 2.05) is 0 Å². The summed E-state index contributed by atoms with van der Waals surface area (Å²) >= 11 is 1.77. The van der Waals surface area contributed by atoms with Gasteiger partial charge in [0.05, 0.1) is 6.20 Å². The molecular weight excluding hydrogens is 308 g/mol. The van der Waals surface area contributed by atoms with E-state index in [1.165, 1.54) is 19.0 Å². The molecule has 3 N–H and O–H groups in total. The minimum Gasteiger partial charge on any atom is -0.330 e. The maximum atomic E-state index is 12.3. The number of aromatic nitrogens is 2. The van der Waals surface area contributed by atoms with Crippen molar-refractivity contribution in [3.8, 4) is 0 Å². The van der Waals surface area contributed by atoms with E-state index in [0.717, 1.165) is 19.3 Å². The van der Waals surface area contributed by atoms with Crippen LogP contribution in [0.25, 0.3) is 0 Å². The summed E-state index contributed by atoms with van der Waals surface area (Å²) in [6.45, 7) is 1.70. The van der Waals surface area contributed by atoms with Crippen LogP contribution in [0.3, 0.4) is 0 Å². The maximum Gasteiger partial charge on any atom is 0.243 e. The highest BCUT2D eigenvalue weighted by molar-refractivity contribution is 8.00. The van der Waals surface area contributed by atoms with Crippen molar-refractivity contribution in [3.63, 3.8) is 0 Å². The molecule has 1 fully saturated rings. The van der Waals surface area contributed by atoms with E-state index in [1.54, 1.807) is 22.6 Å². The van der Waals surface area contributed by atoms with Crippen LogP contribution in [0.4, 0.5) is 0 Å². The molecule has 1 aliphatic rings. The Morgan fingerprint density at radius 2 is 2.19 bits per heavy atom. The third kappa shape index (κ3) is 4.21. The van der Waals surface area contributed by atoms with Crippen molar-refractivity contribution < 1.29 is 8.42 Å². The van der Waals surface area contributed by atoms with Gasteiger partial charge in [-0.25, -0.2) is 13.1 Å². The number of sulfonamides is 1. The second-order valence-electron chi connectivity index (χ2n) is 5.50. The lowest BCUT2D eigenvalue weighted by molar-refractivity contribution is 0.550. The molecule has 0 spiro atoms. The quantitative estimate of drug-likeness (QED) is 0.746. The van der Waals surface area contributed by atoms with E-state index in [2.05, 4.69) is 16.1 Å². The molecule has 1 heterocycles. The first-order valence-corrected chi connectivity index (χ1v) is 9.99. The van der Waals surface area contributed by atoms with Gasteiger partial charge in [0.15, 0.2) is 0 Å². The monoisotopic (exact) mass is 332 g/mol. The summed E-state index contributed by atoms with van der Waals surface area (Å²) in [5.74, 6) is 0. The van der Waals surface area contributed by atoms with Crippen LogP contribution >= 0.6 is 11.8 Å². The van der Waals surface area contributed by atoms with E-state index in [-0.39, 0.29) is 9.64 Å². The lowest BCUT2D eigenvalue weighted by atomic mass is 10.1. The number of thioether (sulfide) groups is 1. The summed E-state index contributed by atoms with van der Waals surface area (Å²) < 4.78 is 29.1. The maximum absolute atomic E-state index is 12.3.